The Labute approximate surface area is 144 Å². The standard InChI is InChI=1S/C13H12F5N3O4S/c1-7-3-4-21(22)9(5-7)26(23,24)6-8-10(13(16,17)18)19-20(2)11(8)25-12(14)15/h3-5,12H,6H2,1-2H3. The van der Waals surface area contributed by atoms with Gasteiger partial charge in [-0.1, -0.05) is 0 Å². The number of sulfone groups is 1. The van der Waals surface area contributed by atoms with Crippen molar-refractivity contribution in [2.24, 2.45) is 7.05 Å². The van der Waals surface area contributed by atoms with Crippen molar-refractivity contribution in [3.63, 3.8) is 0 Å². The van der Waals surface area contributed by atoms with Crippen molar-refractivity contribution in [1.29, 1.82) is 0 Å². The third-order valence-electron chi connectivity index (χ3n) is 3.25. The molecule has 0 saturated carbocycles. The number of aryl methyl sites for hydroxylation is 2. The molecule has 0 unspecified atom stereocenters. The fourth-order valence-corrected chi connectivity index (χ4v) is 3.69. The van der Waals surface area contributed by atoms with Crippen LogP contribution >= 0.6 is 0 Å². The van der Waals surface area contributed by atoms with E-state index < -0.39 is 50.5 Å². The monoisotopic (exact) mass is 401 g/mol. The average Bonchev–Trinajstić information content (AvgIpc) is 2.77. The molecule has 2 rings (SSSR count). The molecular weight excluding hydrogens is 389 g/mol. The fraction of sp³-hybridized carbons (Fsp3) is 0.385. The van der Waals surface area contributed by atoms with E-state index in [-0.39, 0.29) is 4.73 Å². The van der Waals surface area contributed by atoms with Gasteiger partial charge in [0.05, 0.1) is 11.3 Å². The number of hydrogen-bond acceptors (Lipinski definition) is 5. The van der Waals surface area contributed by atoms with Gasteiger partial charge in [-0.2, -0.15) is 31.8 Å². The molecule has 0 aromatic carbocycles. The highest BCUT2D eigenvalue weighted by Crippen LogP contribution is 2.37. The molecule has 0 fully saturated rings. The highest BCUT2D eigenvalue weighted by Gasteiger charge is 2.42. The van der Waals surface area contributed by atoms with E-state index in [1.807, 2.05) is 0 Å². The number of halogens is 5. The molecule has 13 heteroatoms. The van der Waals surface area contributed by atoms with Crippen molar-refractivity contribution in [2.75, 3.05) is 0 Å². The number of rotatable bonds is 5. The molecular formula is C13H12F5N3O4S. The summed E-state index contributed by atoms with van der Waals surface area (Å²) in [6.07, 6.45) is -4.25. The van der Waals surface area contributed by atoms with Gasteiger partial charge in [0.25, 0.3) is 0 Å². The fourth-order valence-electron chi connectivity index (χ4n) is 2.20. The Balaban J connectivity index is 2.62. The van der Waals surface area contributed by atoms with Crippen molar-refractivity contribution in [3.8, 4) is 5.88 Å². The summed E-state index contributed by atoms with van der Waals surface area (Å²) in [4.78, 5) is 0. The second-order valence-electron chi connectivity index (χ2n) is 5.26. The summed E-state index contributed by atoms with van der Waals surface area (Å²) in [5, 5.41) is 13.9. The largest absolute Gasteiger partial charge is 0.618 e. The van der Waals surface area contributed by atoms with Gasteiger partial charge in [-0.3, -0.25) is 0 Å². The van der Waals surface area contributed by atoms with Crippen LogP contribution in [0.1, 0.15) is 16.8 Å². The number of hydrogen-bond donors (Lipinski definition) is 0. The molecule has 144 valence electrons. The van der Waals surface area contributed by atoms with Gasteiger partial charge >= 0.3 is 17.8 Å². The van der Waals surface area contributed by atoms with E-state index in [0.717, 1.165) is 19.3 Å². The van der Waals surface area contributed by atoms with Crippen LogP contribution in [0.15, 0.2) is 23.4 Å². The van der Waals surface area contributed by atoms with Gasteiger partial charge in [0.15, 0.2) is 11.9 Å². The summed E-state index contributed by atoms with van der Waals surface area (Å²) >= 11 is 0. The Morgan fingerprint density at radius 3 is 2.54 bits per heavy atom. The van der Waals surface area contributed by atoms with Crippen LogP contribution in [-0.4, -0.2) is 24.8 Å². The van der Waals surface area contributed by atoms with E-state index >= 15 is 0 Å². The molecule has 0 bridgehead atoms. The molecule has 7 nitrogen and oxygen atoms in total. The highest BCUT2D eigenvalue weighted by molar-refractivity contribution is 7.90. The molecule has 26 heavy (non-hydrogen) atoms. The first-order valence-electron chi connectivity index (χ1n) is 6.83. The second kappa shape index (κ2) is 6.70. The van der Waals surface area contributed by atoms with Crippen LogP contribution in [0, 0.1) is 12.1 Å². The van der Waals surface area contributed by atoms with Gasteiger partial charge < -0.3 is 9.94 Å². The topological polar surface area (TPSA) is 88.1 Å². The number of nitrogens with zero attached hydrogens (tertiary/aromatic N) is 3. The minimum Gasteiger partial charge on any atom is -0.618 e. The Bertz CT molecular complexity index is 925. The molecule has 2 aromatic rings. The van der Waals surface area contributed by atoms with E-state index in [9.17, 15) is 35.6 Å². The van der Waals surface area contributed by atoms with Crippen LogP contribution in [0.25, 0.3) is 0 Å². The summed E-state index contributed by atoms with van der Waals surface area (Å²) in [7, 11) is -3.73. The summed E-state index contributed by atoms with van der Waals surface area (Å²) in [5.74, 6) is -2.45. The zero-order valence-corrected chi connectivity index (χ0v) is 14.1. The quantitative estimate of drug-likeness (QED) is 0.434. The smallest absolute Gasteiger partial charge is 0.435 e. The van der Waals surface area contributed by atoms with Crippen LogP contribution in [-0.2, 0) is 28.8 Å². The van der Waals surface area contributed by atoms with Crippen molar-refractivity contribution >= 4 is 9.84 Å². The van der Waals surface area contributed by atoms with Gasteiger partial charge in [-0.05, 0) is 12.5 Å². The van der Waals surface area contributed by atoms with E-state index in [1.54, 1.807) is 0 Å². The van der Waals surface area contributed by atoms with E-state index in [0.29, 0.717) is 10.2 Å². The Kier molecular flexibility index (Phi) is 5.12. The molecule has 0 amide bonds. The SMILES string of the molecule is Cc1cc[n+]([O-])c(S(=O)(=O)Cc2c(C(F)(F)F)nn(C)c2OC(F)F)c1. The normalized spacial score (nSPS) is 12.6. The molecule has 0 atom stereocenters. The summed E-state index contributed by atoms with van der Waals surface area (Å²) in [6, 6.07) is 2.25. The minimum atomic E-state index is -5.12. The third kappa shape index (κ3) is 4.03. The number of pyridine rings is 1. The molecule has 2 aromatic heterocycles. The van der Waals surface area contributed by atoms with Gasteiger partial charge in [-0.25, -0.2) is 13.1 Å². The molecule has 0 saturated heterocycles. The molecule has 0 spiro atoms. The number of alkyl halides is 5. The first-order valence-corrected chi connectivity index (χ1v) is 8.48. The van der Waals surface area contributed by atoms with Crippen LogP contribution in [0.5, 0.6) is 5.88 Å². The molecule has 0 radical (unpaired) electrons. The maximum atomic E-state index is 13.1. The lowest BCUT2D eigenvalue weighted by molar-refractivity contribution is -0.646. The van der Waals surface area contributed by atoms with Crippen LogP contribution in [0.4, 0.5) is 22.0 Å². The van der Waals surface area contributed by atoms with E-state index in [1.165, 1.54) is 13.0 Å². The van der Waals surface area contributed by atoms with Gasteiger partial charge in [0, 0.05) is 19.2 Å². The van der Waals surface area contributed by atoms with Crippen molar-refractivity contribution in [3.05, 3.63) is 40.4 Å². The highest BCUT2D eigenvalue weighted by atomic mass is 32.2. The zero-order chi connectivity index (χ0) is 19.9. The number of aromatic nitrogens is 3. The minimum absolute atomic E-state index is 0.0421. The van der Waals surface area contributed by atoms with E-state index in [4.69, 9.17) is 0 Å². The summed E-state index contributed by atoms with van der Waals surface area (Å²) < 4.78 is 93.6. The maximum absolute atomic E-state index is 13.1. The molecule has 0 aliphatic heterocycles. The lowest BCUT2D eigenvalue weighted by Crippen LogP contribution is -2.34. The van der Waals surface area contributed by atoms with Crippen molar-refractivity contribution in [2.45, 2.75) is 30.5 Å². The summed E-state index contributed by atoms with van der Waals surface area (Å²) in [6.45, 7) is -2.04. The average molecular weight is 401 g/mol. The molecule has 0 aliphatic rings. The molecule has 2 heterocycles. The first-order chi connectivity index (χ1) is 11.8. The molecule has 0 aliphatic carbocycles. The molecule has 0 N–H and O–H groups in total. The van der Waals surface area contributed by atoms with Gasteiger partial charge in [-0.15, -0.1) is 0 Å². The third-order valence-corrected chi connectivity index (χ3v) is 4.86. The predicted molar refractivity (Wildman–Crippen MR) is 75.9 cm³/mol. The Morgan fingerprint density at radius 1 is 1.38 bits per heavy atom. The Morgan fingerprint density at radius 2 is 2.00 bits per heavy atom. The van der Waals surface area contributed by atoms with Gasteiger partial charge in [0.1, 0.15) is 0 Å². The van der Waals surface area contributed by atoms with Crippen LogP contribution < -0.4 is 9.47 Å². The van der Waals surface area contributed by atoms with Crippen LogP contribution in [0.3, 0.4) is 0 Å². The van der Waals surface area contributed by atoms with Crippen molar-refractivity contribution < 1.29 is 39.8 Å². The Hall–Kier alpha value is -2.44. The second-order valence-corrected chi connectivity index (χ2v) is 7.20. The van der Waals surface area contributed by atoms with Gasteiger partial charge in [0.2, 0.25) is 15.7 Å². The first kappa shape index (κ1) is 19.9. The lowest BCUT2D eigenvalue weighted by atomic mass is 10.2. The maximum Gasteiger partial charge on any atom is 0.435 e. The summed E-state index contributed by atoms with van der Waals surface area (Å²) in [5.41, 5.74) is -2.44. The van der Waals surface area contributed by atoms with E-state index in [2.05, 4.69) is 9.84 Å². The van der Waals surface area contributed by atoms with Crippen molar-refractivity contribution in [1.82, 2.24) is 9.78 Å². The lowest BCUT2D eigenvalue weighted by Gasteiger charge is -2.10. The zero-order valence-electron chi connectivity index (χ0n) is 13.3. The number of ether oxygens (including phenoxy) is 1. The van der Waals surface area contributed by atoms with Crippen LogP contribution in [0.2, 0.25) is 0 Å². The predicted octanol–water partition coefficient (Wildman–Crippen LogP) is 1.96.